The van der Waals surface area contributed by atoms with Gasteiger partial charge in [0.1, 0.15) is 22.8 Å². The molecule has 0 heterocycles. The summed E-state index contributed by atoms with van der Waals surface area (Å²) in [5.41, 5.74) is 2.47. The van der Waals surface area contributed by atoms with Crippen LogP contribution >= 0.6 is 0 Å². The number of aromatic hydroxyl groups is 1. The molecule has 1 saturated carbocycles. The number of Topliss-reactive ketones (excluding diaryl/α,β-unsaturated/α-hetero) is 2. The van der Waals surface area contributed by atoms with Crippen molar-refractivity contribution in [2.75, 3.05) is 14.1 Å². The number of nitrogens with one attached hydrogen (secondary N) is 1. The Morgan fingerprint density at radius 3 is 2.36 bits per heavy atom. The van der Waals surface area contributed by atoms with E-state index in [9.17, 15) is 39.6 Å². The van der Waals surface area contributed by atoms with Crippen molar-refractivity contribution >= 4 is 29.1 Å². The monoisotopic (exact) mass is 541 g/mol. The Morgan fingerprint density at radius 1 is 1.15 bits per heavy atom. The molecule has 11 nitrogen and oxygen atoms in total. The average Bonchev–Trinajstić information content (AvgIpc) is 2.79. The topological polar surface area (TPSA) is 190 Å². The highest BCUT2D eigenvalue weighted by molar-refractivity contribution is 6.24. The summed E-state index contributed by atoms with van der Waals surface area (Å²) in [5.74, 6) is -7.09. The molecule has 0 aliphatic heterocycles. The van der Waals surface area contributed by atoms with Gasteiger partial charge in [0.15, 0.2) is 11.4 Å². The number of primary amides is 1. The summed E-state index contributed by atoms with van der Waals surface area (Å²) < 4.78 is 0. The summed E-state index contributed by atoms with van der Waals surface area (Å²) >= 11 is 0. The number of nitrogens with zero attached hydrogens (tertiary/aromatic N) is 1. The summed E-state index contributed by atoms with van der Waals surface area (Å²) in [4.78, 5) is 53.0. The van der Waals surface area contributed by atoms with Gasteiger partial charge in [0.05, 0.1) is 11.6 Å². The van der Waals surface area contributed by atoms with Crippen molar-refractivity contribution < 1.29 is 39.6 Å². The van der Waals surface area contributed by atoms with Gasteiger partial charge in [0.25, 0.3) is 5.91 Å². The number of ketones is 2. The first-order chi connectivity index (χ1) is 18.0. The Labute approximate surface area is 226 Å². The first kappa shape index (κ1) is 28.3. The zero-order chi connectivity index (χ0) is 29.2. The average molecular weight is 542 g/mol. The van der Waals surface area contributed by atoms with E-state index in [4.69, 9.17) is 5.73 Å². The molecule has 2 amide bonds. The van der Waals surface area contributed by atoms with E-state index in [1.54, 1.807) is 20.2 Å². The van der Waals surface area contributed by atoms with Gasteiger partial charge in [-0.25, -0.2) is 0 Å². The summed E-state index contributed by atoms with van der Waals surface area (Å²) in [5, 5.41) is 47.4. The Kier molecular flexibility index (Phi) is 6.89. The van der Waals surface area contributed by atoms with Crippen LogP contribution in [0.25, 0.3) is 5.76 Å². The molecule has 11 heteroatoms. The number of aliphatic hydroxyl groups excluding tert-OH is 2. The smallest absolute Gasteiger partial charge is 0.255 e. The lowest BCUT2D eigenvalue weighted by Gasteiger charge is -2.50. The lowest BCUT2D eigenvalue weighted by molar-refractivity contribution is -0.153. The van der Waals surface area contributed by atoms with E-state index in [1.165, 1.54) is 11.0 Å². The molecule has 1 aromatic carbocycles. The number of hydrogen-bond acceptors (Lipinski definition) is 9. The fourth-order valence-electron chi connectivity index (χ4n) is 6.27. The minimum Gasteiger partial charge on any atom is -0.508 e. The number of carbonyl (C=O) groups is 4. The van der Waals surface area contributed by atoms with E-state index in [-0.39, 0.29) is 42.1 Å². The third kappa shape index (κ3) is 4.49. The van der Waals surface area contributed by atoms with Crippen LogP contribution in [0.5, 0.6) is 5.75 Å². The van der Waals surface area contributed by atoms with Crippen LogP contribution in [-0.4, -0.2) is 80.0 Å². The second-order valence-electron chi connectivity index (χ2n) is 11.9. The number of aliphatic hydroxyl groups is 3. The zero-order valence-electron chi connectivity index (χ0n) is 22.7. The molecule has 1 fully saturated rings. The Balaban J connectivity index is 1.82. The van der Waals surface area contributed by atoms with E-state index < -0.39 is 63.6 Å². The van der Waals surface area contributed by atoms with E-state index >= 15 is 0 Å². The van der Waals surface area contributed by atoms with Gasteiger partial charge in [-0.1, -0.05) is 6.07 Å². The quantitative estimate of drug-likeness (QED) is 0.293. The predicted octanol–water partition coefficient (Wildman–Crippen LogP) is 0.811. The third-order valence-electron chi connectivity index (χ3n) is 7.84. The van der Waals surface area contributed by atoms with Crippen LogP contribution in [0.3, 0.4) is 0 Å². The number of benzene rings is 1. The summed E-state index contributed by atoms with van der Waals surface area (Å²) in [6.07, 6.45) is 0.652. The number of phenols is 1. The number of fused-ring (bicyclic) bond motifs is 3. The van der Waals surface area contributed by atoms with Crippen molar-refractivity contribution in [2.45, 2.75) is 63.6 Å². The molecular formula is C28H35N3O8. The molecular weight excluding hydrogens is 506 g/mol. The molecule has 0 radical (unpaired) electrons. The summed E-state index contributed by atoms with van der Waals surface area (Å²) in [6, 6.07) is 1.88. The van der Waals surface area contributed by atoms with Gasteiger partial charge in [-0.15, -0.1) is 0 Å². The highest BCUT2D eigenvalue weighted by Crippen LogP contribution is 2.53. The number of hydrogen-bond donors (Lipinski definition) is 6. The molecule has 4 atom stereocenters. The fourth-order valence-corrected chi connectivity index (χ4v) is 6.27. The van der Waals surface area contributed by atoms with Crippen molar-refractivity contribution in [2.24, 2.45) is 17.6 Å². The Morgan fingerprint density at radius 2 is 1.79 bits per heavy atom. The standard InChI is InChI=1S/C28H35N3O8/c1-27(2,3)30-17(33)9-7-12-6-8-16(32)19-14(12)10-13-11-15-21(31(4)5)23(35)20(26(29)38)25(37)28(15,39)24(36)18(13)22(19)34/h6,8,13,15,21,32,34,37,39H,7,9-11H2,1-5H3,(H2,29,38)(H,30,33)/t13-,15-,21-,28-/m1/s1. The fraction of sp³-hybridized carbons (Fsp3) is 0.500. The largest absolute Gasteiger partial charge is 0.508 e. The van der Waals surface area contributed by atoms with Gasteiger partial charge < -0.3 is 31.5 Å². The van der Waals surface area contributed by atoms with E-state index in [0.717, 1.165) is 0 Å². The molecule has 0 saturated heterocycles. The van der Waals surface area contributed by atoms with Crippen LogP contribution in [0, 0.1) is 11.8 Å². The third-order valence-corrected chi connectivity index (χ3v) is 7.84. The van der Waals surface area contributed by atoms with E-state index in [2.05, 4.69) is 5.32 Å². The van der Waals surface area contributed by atoms with Crippen molar-refractivity contribution in [3.63, 3.8) is 0 Å². The minimum absolute atomic E-state index is 0.00533. The first-order valence-electron chi connectivity index (χ1n) is 12.8. The van der Waals surface area contributed by atoms with E-state index in [0.29, 0.717) is 17.5 Å². The molecule has 4 rings (SSSR count). The molecule has 210 valence electrons. The highest BCUT2D eigenvalue weighted by Gasteiger charge is 2.64. The van der Waals surface area contributed by atoms with Gasteiger partial charge in [-0.3, -0.25) is 24.1 Å². The normalized spacial score (nSPS) is 26.8. The van der Waals surface area contributed by atoms with Crippen LogP contribution < -0.4 is 11.1 Å². The van der Waals surface area contributed by atoms with Crippen molar-refractivity contribution in [3.8, 4) is 5.75 Å². The molecule has 0 aromatic heterocycles. The van der Waals surface area contributed by atoms with Crippen LogP contribution in [0.1, 0.15) is 50.3 Å². The number of amides is 2. The van der Waals surface area contributed by atoms with Gasteiger partial charge >= 0.3 is 0 Å². The summed E-state index contributed by atoms with van der Waals surface area (Å²) in [6.45, 7) is 5.61. The van der Waals surface area contributed by atoms with Gasteiger partial charge in [-0.2, -0.15) is 0 Å². The van der Waals surface area contributed by atoms with Crippen molar-refractivity contribution in [3.05, 3.63) is 45.7 Å². The Bertz CT molecular complexity index is 1350. The maximum absolute atomic E-state index is 13.9. The summed E-state index contributed by atoms with van der Waals surface area (Å²) in [7, 11) is 3.10. The molecule has 0 spiro atoms. The van der Waals surface area contributed by atoms with Crippen LogP contribution in [0.15, 0.2) is 29.0 Å². The second kappa shape index (κ2) is 9.49. The second-order valence-corrected chi connectivity index (χ2v) is 11.9. The van der Waals surface area contributed by atoms with Gasteiger partial charge in [-0.05, 0) is 77.2 Å². The molecule has 3 aliphatic carbocycles. The number of rotatable bonds is 5. The van der Waals surface area contributed by atoms with Gasteiger partial charge in [0.2, 0.25) is 11.7 Å². The molecule has 0 unspecified atom stereocenters. The van der Waals surface area contributed by atoms with Crippen LogP contribution in [0.4, 0.5) is 0 Å². The molecule has 3 aliphatic rings. The number of nitrogens with two attached hydrogens (primary N) is 1. The van der Waals surface area contributed by atoms with Crippen molar-refractivity contribution in [1.82, 2.24) is 10.2 Å². The SMILES string of the molecule is CN(C)[C@H]1C(=O)C(C(N)=O)=C(O)[C@]2(O)C(=O)C3=C(O)c4c(O)ccc(CCC(=O)NC(C)(C)C)c4C[C@@H]3C[C@H]12. The first-order valence-corrected chi connectivity index (χ1v) is 12.8. The van der Waals surface area contributed by atoms with Gasteiger partial charge in [0, 0.05) is 23.5 Å². The molecule has 1 aromatic rings. The van der Waals surface area contributed by atoms with Crippen LogP contribution in [0.2, 0.25) is 0 Å². The lowest BCUT2D eigenvalue weighted by atomic mass is 9.57. The highest BCUT2D eigenvalue weighted by atomic mass is 16.3. The number of aryl methyl sites for hydroxylation is 1. The Hall–Kier alpha value is -3.70. The van der Waals surface area contributed by atoms with Crippen molar-refractivity contribution in [1.29, 1.82) is 0 Å². The maximum atomic E-state index is 13.9. The molecule has 7 N–H and O–H groups in total. The maximum Gasteiger partial charge on any atom is 0.255 e. The predicted molar refractivity (Wildman–Crippen MR) is 140 cm³/mol. The minimum atomic E-state index is -2.68. The molecule has 0 bridgehead atoms. The van der Waals surface area contributed by atoms with E-state index in [1.807, 2.05) is 20.8 Å². The number of likely N-dealkylation sites (N-methyl/N-ethyl adjacent to an activating group) is 1. The lowest BCUT2D eigenvalue weighted by Crippen LogP contribution is -2.65. The number of phenolic OH excluding ortho intramolecular Hbond substituents is 1. The van der Waals surface area contributed by atoms with Crippen LogP contribution in [-0.2, 0) is 32.0 Å². The molecule has 39 heavy (non-hydrogen) atoms. The number of carbonyl (C=O) groups excluding carboxylic acids is 4. The zero-order valence-corrected chi connectivity index (χ0v) is 22.7.